The van der Waals surface area contributed by atoms with Crippen LogP contribution in [-0.4, -0.2) is 47.1 Å². The van der Waals surface area contributed by atoms with Gasteiger partial charge in [0.05, 0.1) is 6.42 Å². The fourth-order valence-electron chi connectivity index (χ4n) is 4.79. The number of nitrogens with one attached hydrogen (secondary N) is 2. The van der Waals surface area contributed by atoms with Gasteiger partial charge in [-0.25, -0.2) is 10.0 Å². The fraction of sp³-hybridized carbons (Fsp3) is 0.440. The molecule has 170 valence electrons. The Hall–Kier alpha value is -2.32. The van der Waals surface area contributed by atoms with Crippen molar-refractivity contribution in [3.63, 3.8) is 0 Å². The van der Waals surface area contributed by atoms with Crippen LogP contribution in [0.5, 0.6) is 0 Å². The number of aliphatic hydroxyl groups is 1. The van der Waals surface area contributed by atoms with E-state index in [1.165, 1.54) is 0 Å². The molecule has 0 spiro atoms. The lowest BCUT2D eigenvalue weighted by Crippen LogP contribution is -2.39. The molecule has 1 aliphatic heterocycles. The van der Waals surface area contributed by atoms with Crippen LogP contribution in [0.4, 0.5) is 5.69 Å². The topological polar surface area (TPSA) is 77.0 Å². The molecule has 2 fully saturated rings. The zero-order chi connectivity index (χ0) is 22.7. The van der Waals surface area contributed by atoms with Crippen molar-refractivity contribution in [3.8, 4) is 0 Å². The van der Waals surface area contributed by atoms with Crippen LogP contribution < -0.4 is 10.7 Å². The van der Waals surface area contributed by atoms with Gasteiger partial charge in [-0.1, -0.05) is 37.3 Å². The first kappa shape index (κ1) is 22.9. The molecule has 5 unspecified atom stereocenters. The molecule has 1 amide bonds. The van der Waals surface area contributed by atoms with Gasteiger partial charge in [-0.2, -0.15) is 0 Å². The number of likely N-dealkylation sites (N-methyl/N-ethyl adjacent to an activating group) is 1. The number of hydrogen-bond acceptors (Lipinski definition) is 6. The summed E-state index contributed by atoms with van der Waals surface area (Å²) >= 11 is 1.60. The predicted octanol–water partition coefficient (Wildman–Crippen LogP) is 3.96. The summed E-state index contributed by atoms with van der Waals surface area (Å²) in [6.45, 7) is 3.88. The van der Waals surface area contributed by atoms with Gasteiger partial charge < -0.3 is 10.4 Å². The van der Waals surface area contributed by atoms with Gasteiger partial charge in [-0.15, -0.1) is 11.3 Å². The highest BCUT2D eigenvalue weighted by molar-refractivity contribution is 7.10. The Morgan fingerprint density at radius 1 is 1.41 bits per heavy atom. The third kappa shape index (κ3) is 5.53. The second kappa shape index (κ2) is 10.1. The molecular formula is C25H32N4O2S. The van der Waals surface area contributed by atoms with Crippen LogP contribution in [0, 0.1) is 11.8 Å². The maximum Gasteiger partial charge on any atom is 0.250 e. The highest BCUT2D eigenvalue weighted by Gasteiger charge is 2.43. The lowest BCUT2D eigenvalue weighted by molar-refractivity contribution is -0.117. The van der Waals surface area contributed by atoms with Crippen LogP contribution in [0.25, 0.3) is 6.08 Å². The Morgan fingerprint density at radius 3 is 3.00 bits per heavy atom. The molecule has 2 aromatic rings. The second-order valence-electron chi connectivity index (χ2n) is 8.90. The highest BCUT2D eigenvalue weighted by Crippen LogP contribution is 2.36. The third-order valence-electron chi connectivity index (χ3n) is 6.32. The summed E-state index contributed by atoms with van der Waals surface area (Å²) in [5.41, 5.74) is 6.62. The second-order valence-corrected chi connectivity index (χ2v) is 9.93. The van der Waals surface area contributed by atoms with Crippen molar-refractivity contribution in [1.82, 2.24) is 10.4 Å². The average Bonchev–Trinajstić information content (AvgIpc) is 3.33. The zero-order valence-corrected chi connectivity index (χ0v) is 19.7. The number of carbonyl (C=O) groups excluding carboxylic acids is 1. The van der Waals surface area contributed by atoms with Crippen molar-refractivity contribution in [3.05, 3.63) is 58.3 Å². The molecule has 1 saturated heterocycles. The maximum atomic E-state index is 12.5. The van der Waals surface area contributed by atoms with Crippen molar-refractivity contribution in [1.29, 1.82) is 0 Å². The summed E-state index contributed by atoms with van der Waals surface area (Å²) < 4.78 is 0. The maximum absolute atomic E-state index is 12.5. The molecule has 4 rings (SSSR count). The van der Waals surface area contributed by atoms with E-state index in [-0.39, 0.29) is 11.9 Å². The van der Waals surface area contributed by atoms with Crippen molar-refractivity contribution < 1.29 is 9.90 Å². The molecule has 0 bridgehead atoms. The van der Waals surface area contributed by atoms with E-state index in [2.05, 4.69) is 52.9 Å². The SMILES string of the molecule is CC(O)Nc1cccc(/C=C/C2C3CC(=NC(=O)Cc4cccs4)C(C)CC3NN2C)c1. The van der Waals surface area contributed by atoms with E-state index >= 15 is 0 Å². The third-order valence-corrected chi connectivity index (χ3v) is 7.19. The first-order chi connectivity index (χ1) is 15.4. The van der Waals surface area contributed by atoms with Gasteiger partial charge in [0.1, 0.15) is 6.23 Å². The van der Waals surface area contributed by atoms with Crippen LogP contribution in [0.3, 0.4) is 0 Å². The molecule has 2 aliphatic rings. The molecular weight excluding hydrogens is 420 g/mol. The Kier molecular flexibility index (Phi) is 7.20. The van der Waals surface area contributed by atoms with Gasteiger partial charge >= 0.3 is 0 Å². The number of nitrogens with zero attached hydrogens (tertiary/aromatic N) is 2. The van der Waals surface area contributed by atoms with Gasteiger partial charge in [-0.05, 0) is 54.8 Å². The number of thiophene rings is 1. The zero-order valence-electron chi connectivity index (χ0n) is 18.9. The highest BCUT2D eigenvalue weighted by atomic mass is 32.1. The van der Waals surface area contributed by atoms with Crippen molar-refractivity contribution in [2.45, 2.75) is 51.4 Å². The van der Waals surface area contributed by atoms with E-state index in [1.54, 1.807) is 18.3 Å². The predicted molar refractivity (Wildman–Crippen MR) is 132 cm³/mol. The standard InChI is InChI=1S/C25H32N4O2S/c1-16-12-23-21(15-22(16)27-25(31)14-20-8-5-11-32-20)24(29(3)28-23)10-9-18-6-4-7-19(13-18)26-17(2)30/h4-11,13,16-17,21,23-24,26,28,30H,12,14-15H2,1-3H3/b10-9+,27-22?. The molecule has 1 aromatic heterocycles. The Labute approximate surface area is 194 Å². The molecule has 5 atom stereocenters. The van der Waals surface area contributed by atoms with Gasteiger partial charge in [0, 0.05) is 41.3 Å². The molecule has 2 heterocycles. The number of anilines is 1. The number of aliphatic imine (C=N–C) groups is 1. The quantitative estimate of drug-likeness (QED) is 0.579. The summed E-state index contributed by atoms with van der Waals surface area (Å²) in [6.07, 6.45) is 5.98. The van der Waals surface area contributed by atoms with Gasteiger partial charge in [0.15, 0.2) is 0 Å². The summed E-state index contributed by atoms with van der Waals surface area (Å²) in [5.74, 6) is 0.636. The fourth-order valence-corrected chi connectivity index (χ4v) is 5.49. The first-order valence-electron chi connectivity index (χ1n) is 11.2. The number of hydrogen-bond donors (Lipinski definition) is 3. The van der Waals surface area contributed by atoms with Gasteiger partial charge in [0.2, 0.25) is 0 Å². The number of hydrazine groups is 1. The van der Waals surface area contributed by atoms with E-state index in [4.69, 9.17) is 0 Å². The molecule has 7 heteroatoms. The molecule has 1 saturated carbocycles. The van der Waals surface area contributed by atoms with Crippen molar-refractivity contribution >= 4 is 34.7 Å². The normalized spacial score (nSPS) is 28.2. The number of rotatable bonds is 6. The summed E-state index contributed by atoms with van der Waals surface area (Å²) in [7, 11) is 2.09. The molecule has 3 N–H and O–H groups in total. The first-order valence-corrected chi connectivity index (χ1v) is 12.1. The number of aliphatic hydroxyl groups excluding tert-OH is 1. The smallest absolute Gasteiger partial charge is 0.250 e. The minimum absolute atomic E-state index is 0.0402. The largest absolute Gasteiger partial charge is 0.374 e. The lowest BCUT2D eigenvalue weighted by Gasteiger charge is -2.31. The summed E-state index contributed by atoms with van der Waals surface area (Å²) in [4.78, 5) is 18.2. The minimum Gasteiger partial charge on any atom is -0.374 e. The van der Waals surface area contributed by atoms with E-state index in [1.807, 2.05) is 35.7 Å². The molecule has 1 aliphatic carbocycles. The van der Waals surface area contributed by atoms with Crippen molar-refractivity contribution in [2.24, 2.45) is 16.8 Å². The van der Waals surface area contributed by atoms with Crippen LogP contribution >= 0.6 is 11.3 Å². The van der Waals surface area contributed by atoms with Crippen molar-refractivity contribution in [2.75, 3.05) is 12.4 Å². The number of benzene rings is 1. The van der Waals surface area contributed by atoms with E-state index in [0.717, 1.165) is 34.7 Å². The Bertz CT molecular complexity index is 986. The van der Waals surface area contributed by atoms with Crippen LogP contribution in [0.2, 0.25) is 0 Å². The Morgan fingerprint density at radius 2 is 2.25 bits per heavy atom. The molecule has 0 radical (unpaired) electrons. The van der Waals surface area contributed by atoms with E-state index < -0.39 is 6.23 Å². The van der Waals surface area contributed by atoms with E-state index in [9.17, 15) is 9.90 Å². The lowest BCUT2D eigenvalue weighted by atomic mass is 9.75. The number of amides is 1. The summed E-state index contributed by atoms with van der Waals surface area (Å²) in [6, 6.07) is 12.6. The van der Waals surface area contributed by atoms with Crippen LogP contribution in [0.1, 0.15) is 37.1 Å². The monoisotopic (exact) mass is 452 g/mol. The van der Waals surface area contributed by atoms with E-state index in [0.29, 0.717) is 24.3 Å². The van der Waals surface area contributed by atoms with Gasteiger partial charge in [0.25, 0.3) is 5.91 Å². The summed E-state index contributed by atoms with van der Waals surface area (Å²) in [5, 5.41) is 16.8. The van der Waals surface area contributed by atoms with Crippen LogP contribution in [0.15, 0.2) is 52.8 Å². The molecule has 32 heavy (non-hydrogen) atoms. The van der Waals surface area contributed by atoms with Crippen LogP contribution in [-0.2, 0) is 11.2 Å². The Balaban J connectivity index is 1.47. The molecule has 1 aromatic carbocycles. The average molecular weight is 453 g/mol. The van der Waals surface area contributed by atoms with Gasteiger partial charge in [-0.3, -0.25) is 10.2 Å². The number of fused-ring (bicyclic) bond motifs is 1. The minimum atomic E-state index is -0.593. The number of carbonyl (C=O) groups is 1. The molecule has 6 nitrogen and oxygen atoms in total.